The van der Waals surface area contributed by atoms with Gasteiger partial charge < -0.3 is 4.74 Å². The van der Waals surface area contributed by atoms with E-state index in [0.717, 1.165) is 0 Å². The van der Waals surface area contributed by atoms with Crippen LogP contribution in [0.3, 0.4) is 0 Å². The fourth-order valence-electron chi connectivity index (χ4n) is 0.691. The van der Waals surface area contributed by atoms with Gasteiger partial charge in [-0.15, -0.1) is 0 Å². The van der Waals surface area contributed by atoms with E-state index in [0.29, 0.717) is 5.57 Å². The third kappa shape index (κ3) is 4.32. The van der Waals surface area contributed by atoms with E-state index in [9.17, 15) is 4.79 Å². The molecular formula is C10H15NO2. The smallest absolute Gasteiger partial charge is 0.349 e. The molecule has 0 saturated heterocycles. The van der Waals surface area contributed by atoms with Gasteiger partial charge in [0.2, 0.25) is 0 Å². The number of esters is 1. The maximum Gasteiger partial charge on any atom is 0.349 e. The fraction of sp³-hybridized carbons (Fsp3) is 0.600. The highest BCUT2D eigenvalue weighted by Gasteiger charge is 2.20. The minimum absolute atomic E-state index is 0.0925. The molecular weight excluding hydrogens is 166 g/mol. The van der Waals surface area contributed by atoms with E-state index in [-0.39, 0.29) is 5.57 Å². The molecule has 3 nitrogen and oxygen atoms in total. The molecule has 0 amide bonds. The van der Waals surface area contributed by atoms with Crippen LogP contribution in [0.5, 0.6) is 0 Å². The number of rotatable bonds is 1. The van der Waals surface area contributed by atoms with Crippen molar-refractivity contribution in [3.05, 3.63) is 11.1 Å². The van der Waals surface area contributed by atoms with Crippen LogP contribution < -0.4 is 0 Å². The number of carbonyl (C=O) groups is 1. The van der Waals surface area contributed by atoms with Crippen molar-refractivity contribution in [2.75, 3.05) is 0 Å². The van der Waals surface area contributed by atoms with E-state index in [4.69, 9.17) is 10.00 Å². The van der Waals surface area contributed by atoms with Crippen molar-refractivity contribution >= 4 is 5.97 Å². The second-order valence-electron chi connectivity index (χ2n) is 3.99. The molecule has 0 spiro atoms. The molecule has 3 heteroatoms. The fourth-order valence-corrected chi connectivity index (χ4v) is 0.691. The van der Waals surface area contributed by atoms with E-state index in [1.54, 1.807) is 34.6 Å². The number of hydrogen-bond donors (Lipinski definition) is 0. The summed E-state index contributed by atoms with van der Waals surface area (Å²) in [4.78, 5) is 11.3. The lowest BCUT2D eigenvalue weighted by Gasteiger charge is -2.19. The summed E-state index contributed by atoms with van der Waals surface area (Å²) >= 11 is 0. The Kier molecular flexibility index (Phi) is 3.68. The SMILES string of the molecule is CC(C)=C(C#N)C(=O)OC(C)(C)C. The van der Waals surface area contributed by atoms with Crippen molar-refractivity contribution in [2.24, 2.45) is 0 Å². The molecule has 0 saturated carbocycles. The monoisotopic (exact) mass is 181 g/mol. The van der Waals surface area contributed by atoms with Gasteiger partial charge in [0, 0.05) is 0 Å². The maximum absolute atomic E-state index is 11.3. The minimum atomic E-state index is -0.547. The molecule has 13 heavy (non-hydrogen) atoms. The van der Waals surface area contributed by atoms with Gasteiger partial charge in [-0.25, -0.2) is 4.79 Å². The number of ether oxygens (including phenoxy) is 1. The second-order valence-corrected chi connectivity index (χ2v) is 3.99. The van der Waals surface area contributed by atoms with Crippen molar-refractivity contribution in [1.82, 2.24) is 0 Å². The Morgan fingerprint density at radius 1 is 1.31 bits per heavy atom. The summed E-state index contributed by atoms with van der Waals surface area (Å²) in [5.41, 5.74) is 0.223. The summed E-state index contributed by atoms with van der Waals surface area (Å²) in [6.07, 6.45) is 0. The predicted octanol–water partition coefficient (Wildman–Crippen LogP) is 2.19. The second kappa shape index (κ2) is 4.08. The van der Waals surface area contributed by atoms with Gasteiger partial charge >= 0.3 is 5.97 Å². The zero-order valence-electron chi connectivity index (χ0n) is 8.76. The molecule has 0 rings (SSSR count). The molecule has 0 aliphatic carbocycles. The van der Waals surface area contributed by atoms with Crippen LogP contribution in [0.2, 0.25) is 0 Å². The molecule has 0 unspecified atom stereocenters. The first-order valence-electron chi connectivity index (χ1n) is 4.09. The number of nitrogens with zero attached hydrogens (tertiary/aromatic N) is 1. The summed E-state index contributed by atoms with van der Waals surface area (Å²) in [5.74, 6) is -0.546. The first kappa shape index (κ1) is 11.7. The molecule has 0 heterocycles. The van der Waals surface area contributed by atoms with Gasteiger partial charge in [-0.3, -0.25) is 0 Å². The lowest BCUT2D eigenvalue weighted by atomic mass is 10.1. The number of nitriles is 1. The third-order valence-electron chi connectivity index (χ3n) is 1.21. The van der Waals surface area contributed by atoms with Crippen molar-refractivity contribution in [2.45, 2.75) is 40.2 Å². The summed E-state index contributed by atoms with van der Waals surface area (Å²) in [6.45, 7) is 8.73. The van der Waals surface area contributed by atoms with Gasteiger partial charge in [-0.05, 0) is 34.6 Å². The first-order valence-corrected chi connectivity index (χ1v) is 4.09. The van der Waals surface area contributed by atoms with E-state index in [1.165, 1.54) is 0 Å². The van der Waals surface area contributed by atoms with Crippen LogP contribution in [0.25, 0.3) is 0 Å². The predicted molar refractivity (Wildman–Crippen MR) is 49.8 cm³/mol. The molecule has 0 aliphatic rings. The normalized spacial score (nSPS) is 10.2. The van der Waals surface area contributed by atoms with Gasteiger partial charge in [0.05, 0.1) is 0 Å². The van der Waals surface area contributed by atoms with Crippen molar-refractivity contribution in [1.29, 1.82) is 5.26 Å². The molecule has 0 aliphatic heterocycles. The molecule has 0 atom stereocenters. The first-order chi connectivity index (χ1) is 5.78. The average molecular weight is 181 g/mol. The van der Waals surface area contributed by atoms with Crippen LogP contribution in [0.15, 0.2) is 11.1 Å². The van der Waals surface area contributed by atoms with Crippen LogP contribution in [0, 0.1) is 11.3 Å². The van der Waals surface area contributed by atoms with Gasteiger partial charge in [0.1, 0.15) is 17.2 Å². The Balaban J connectivity index is 4.65. The zero-order valence-corrected chi connectivity index (χ0v) is 8.76. The standard InChI is InChI=1S/C10H15NO2/c1-7(2)8(6-11)9(12)13-10(3,4)5/h1-5H3. The zero-order chi connectivity index (χ0) is 10.6. The van der Waals surface area contributed by atoms with Crippen LogP contribution >= 0.6 is 0 Å². The number of carbonyl (C=O) groups excluding carboxylic acids is 1. The number of allylic oxidation sites excluding steroid dienone is 1. The molecule has 0 aromatic rings. The maximum atomic E-state index is 11.3. The van der Waals surface area contributed by atoms with E-state index in [1.807, 2.05) is 6.07 Å². The molecule has 0 bridgehead atoms. The highest BCUT2D eigenvalue weighted by molar-refractivity contribution is 5.93. The summed E-state index contributed by atoms with van der Waals surface area (Å²) < 4.78 is 5.03. The van der Waals surface area contributed by atoms with Crippen molar-refractivity contribution < 1.29 is 9.53 Å². The van der Waals surface area contributed by atoms with Gasteiger partial charge in [-0.2, -0.15) is 5.26 Å². The largest absolute Gasteiger partial charge is 0.456 e. The van der Waals surface area contributed by atoms with E-state index in [2.05, 4.69) is 0 Å². The Morgan fingerprint density at radius 2 is 1.77 bits per heavy atom. The molecule has 0 fully saturated rings. The quantitative estimate of drug-likeness (QED) is 0.354. The third-order valence-corrected chi connectivity index (χ3v) is 1.21. The van der Waals surface area contributed by atoms with Gasteiger partial charge in [-0.1, -0.05) is 5.57 Å². The average Bonchev–Trinajstić information content (AvgIpc) is 1.82. The topological polar surface area (TPSA) is 50.1 Å². The molecule has 0 radical (unpaired) electrons. The van der Waals surface area contributed by atoms with Crippen molar-refractivity contribution in [3.63, 3.8) is 0 Å². The Hall–Kier alpha value is -1.30. The van der Waals surface area contributed by atoms with Crippen LogP contribution in [0.4, 0.5) is 0 Å². The molecule has 0 aromatic heterocycles. The highest BCUT2D eigenvalue weighted by atomic mass is 16.6. The van der Waals surface area contributed by atoms with Crippen LogP contribution in [-0.4, -0.2) is 11.6 Å². The van der Waals surface area contributed by atoms with Crippen LogP contribution in [0.1, 0.15) is 34.6 Å². The van der Waals surface area contributed by atoms with Gasteiger partial charge in [0.15, 0.2) is 0 Å². The highest BCUT2D eigenvalue weighted by Crippen LogP contribution is 2.12. The Labute approximate surface area is 79.0 Å². The number of hydrogen-bond acceptors (Lipinski definition) is 3. The molecule has 72 valence electrons. The van der Waals surface area contributed by atoms with Crippen molar-refractivity contribution in [3.8, 4) is 6.07 Å². The van der Waals surface area contributed by atoms with Crippen LogP contribution in [-0.2, 0) is 9.53 Å². The Bertz CT molecular complexity index is 272. The van der Waals surface area contributed by atoms with E-state index < -0.39 is 11.6 Å². The molecule has 0 N–H and O–H groups in total. The van der Waals surface area contributed by atoms with Gasteiger partial charge in [0.25, 0.3) is 0 Å². The lowest BCUT2D eigenvalue weighted by molar-refractivity contribution is -0.149. The van der Waals surface area contributed by atoms with E-state index >= 15 is 0 Å². The Morgan fingerprint density at radius 3 is 2.00 bits per heavy atom. The molecule has 0 aromatic carbocycles. The summed E-state index contributed by atoms with van der Waals surface area (Å²) in [5, 5.41) is 8.65. The summed E-state index contributed by atoms with van der Waals surface area (Å²) in [6, 6.07) is 1.83. The lowest BCUT2D eigenvalue weighted by Crippen LogP contribution is -2.24. The summed E-state index contributed by atoms with van der Waals surface area (Å²) in [7, 11) is 0. The minimum Gasteiger partial charge on any atom is -0.456 e.